The van der Waals surface area contributed by atoms with Crippen LogP contribution in [0.4, 0.5) is 0 Å². The lowest BCUT2D eigenvalue weighted by molar-refractivity contribution is -0.107. The number of nitrogens with one attached hydrogen (secondary N) is 1. The van der Waals surface area contributed by atoms with E-state index in [0.29, 0.717) is 18.1 Å². The predicted octanol–water partition coefficient (Wildman–Crippen LogP) is 0.958. The second kappa shape index (κ2) is 5.07. The van der Waals surface area contributed by atoms with Gasteiger partial charge in [-0.05, 0) is 31.8 Å². The van der Waals surface area contributed by atoms with Crippen molar-refractivity contribution in [2.24, 2.45) is 5.92 Å². The van der Waals surface area contributed by atoms with E-state index >= 15 is 0 Å². The SMILES string of the molecule is O=CCc1cnc(CC2CCNCC2)o1. The first kappa shape index (κ1) is 10.4. The van der Waals surface area contributed by atoms with Crippen molar-refractivity contribution >= 4 is 6.29 Å². The Kier molecular flexibility index (Phi) is 3.50. The van der Waals surface area contributed by atoms with Crippen molar-refractivity contribution in [3.8, 4) is 0 Å². The normalized spacial score (nSPS) is 17.9. The standard InChI is InChI=1S/C11H16N2O2/c14-6-3-10-8-13-11(15-10)7-9-1-4-12-5-2-9/h6,8-9,12H,1-5,7H2. The minimum absolute atomic E-state index is 0.333. The van der Waals surface area contributed by atoms with Gasteiger partial charge in [0.25, 0.3) is 0 Å². The Morgan fingerprint density at radius 1 is 1.53 bits per heavy atom. The summed E-state index contributed by atoms with van der Waals surface area (Å²) in [5.41, 5.74) is 0. The van der Waals surface area contributed by atoms with Crippen molar-refractivity contribution in [2.45, 2.75) is 25.7 Å². The molecule has 1 aliphatic heterocycles. The van der Waals surface area contributed by atoms with Gasteiger partial charge in [-0.15, -0.1) is 0 Å². The molecular weight excluding hydrogens is 192 g/mol. The lowest BCUT2D eigenvalue weighted by atomic mass is 9.95. The van der Waals surface area contributed by atoms with Gasteiger partial charge in [-0.1, -0.05) is 0 Å². The van der Waals surface area contributed by atoms with E-state index in [1.54, 1.807) is 6.20 Å². The van der Waals surface area contributed by atoms with Crippen LogP contribution in [0.15, 0.2) is 10.6 Å². The van der Waals surface area contributed by atoms with Gasteiger partial charge in [0, 0.05) is 6.42 Å². The lowest BCUT2D eigenvalue weighted by Crippen LogP contribution is -2.28. The molecule has 15 heavy (non-hydrogen) atoms. The summed E-state index contributed by atoms with van der Waals surface area (Å²) in [6.45, 7) is 2.18. The number of rotatable bonds is 4. The third-order valence-corrected chi connectivity index (χ3v) is 2.81. The lowest BCUT2D eigenvalue weighted by Gasteiger charge is -2.20. The highest BCUT2D eigenvalue weighted by molar-refractivity contribution is 5.52. The first-order chi connectivity index (χ1) is 7.38. The molecule has 82 valence electrons. The van der Waals surface area contributed by atoms with Crippen LogP contribution in [-0.2, 0) is 17.6 Å². The maximum Gasteiger partial charge on any atom is 0.194 e. The first-order valence-electron chi connectivity index (χ1n) is 5.46. The van der Waals surface area contributed by atoms with Crippen molar-refractivity contribution in [3.63, 3.8) is 0 Å². The average Bonchev–Trinajstić information content (AvgIpc) is 2.68. The van der Waals surface area contributed by atoms with Gasteiger partial charge in [0.2, 0.25) is 0 Å². The fourth-order valence-corrected chi connectivity index (χ4v) is 1.95. The van der Waals surface area contributed by atoms with Crippen molar-refractivity contribution in [1.29, 1.82) is 0 Å². The summed E-state index contributed by atoms with van der Waals surface area (Å²) < 4.78 is 5.46. The van der Waals surface area contributed by atoms with Crippen molar-refractivity contribution < 1.29 is 9.21 Å². The Bertz CT molecular complexity index is 316. The zero-order valence-corrected chi connectivity index (χ0v) is 8.74. The number of oxazole rings is 1. The van der Waals surface area contributed by atoms with Gasteiger partial charge in [-0.2, -0.15) is 0 Å². The quantitative estimate of drug-likeness (QED) is 0.749. The molecule has 0 spiro atoms. The average molecular weight is 208 g/mol. The molecule has 4 heteroatoms. The van der Waals surface area contributed by atoms with E-state index in [4.69, 9.17) is 4.42 Å². The number of carbonyl (C=O) groups excluding carboxylic acids is 1. The molecule has 1 aromatic heterocycles. The molecule has 2 heterocycles. The van der Waals surface area contributed by atoms with E-state index in [1.807, 2.05) is 0 Å². The molecule has 1 N–H and O–H groups in total. The summed E-state index contributed by atoms with van der Waals surface area (Å²) in [5.74, 6) is 2.13. The molecule has 0 saturated carbocycles. The number of piperidine rings is 1. The summed E-state index contributed by atoms with van der Waals surface area (Å²) in [6, 6.07) is 0. The van der Waals surface area contributed by atoms with Gasteiger partial charge in [-0.25, -0.2) is 4.98 Å². The molecule has 1 fully saturated rings. The van der Waals surface area contributed by atoms with E-state index in [9.17, 15) is 4.79 Å². The molecule has 1 aliphatic rings. The van der Waals surface area contributed by atoms with E-state index in [-0.39, 0.29) is 0 Å². The monoisotopic (exact) mass is 208 g/mol. The van der Waals surface area contributed by atoms with Crippen LogP contribution in [0, 0.1) is 5.92 Å². The highest BCUT2D eigenvalue weighted by Gasteiger charge is 2.16. The molecule has 0 atom stereocenters. The largest absolute Gasteiger partial charge is 0.445 e. The van der Waals surface area contributed by atoms with Gasteiger partial charge < -0.3 is 14.5 Å². The molecular formula is C11H16N2O2. The van der Waals surface area contributed by atoms with Crippen LogP contribution in [0.2, 0.25) is 0 Å². The van der Waals surface area contributed by atoms with Crippen LogP contribution in [0.1, 0.15) is 24.5 Å². The van der Waals surface area contributed by atoms with Gasteiger partial charge >= 0.3 is 0 Å². The van der Waals surface area contributed by atoms with Crippen molar-refractivity contribution in [2.75, 3.05) is 13.1 Å². The second-order valence-corrected chi connectivity index (χ2v) is 3.99. The summed E-state index contributed by atoms with van der Waals surface area (Å²) in [5, 5.41) is 3.33. The summed E-state index contributed by atoms with van der Waals surface area (Å²) in [7, 11) is 0. The third kappa shape index (κ3) is 2.89. The summed E-state index contributed by atoms with van der Waals surface area (Å²) in [6.07, 6.45) is 6.11. The topological polar surface area (TPSA) is 55.1 Å². The minimum Gasteiger partial charge on any atom is -0.445 e. The first-order valence-corrected chi connectivity index (χ1v) is 5.46. The number of hydrogen-bond donors (Lipinski definition) is 1. The Labute approximate surface area is 89.1 Å². The second-order valence-electron chi connectivity index (χ2n) is 3.99. The molecule has 2 rings (SSSR count). The highest BCUT2D eigenvalue weighted by Crippen LogP contribution is 2.17. The molecule has 4 nitrogen and oxygen atoms in total. The van der Waals surface area contributed by atoms with Crippen LogP contribution in [0.25, 0.3) is 0 Å². The number of carbonyl (C=O) groups is 1. The van der Waals surface area contributed by atoms with Crippen LogP contribution in [-0.4, -0.2) is 24.4 Å². The van der Waals surface area contributed by atoms with E-state index in [2.05, 4.69) is 10.3 Å². The van der Waals surface area contributed by atoms with Gasteiger partial charge in [-0.3, -0.25) is 0 Å². The van der Waals surface area contributed by atoms with Gasteiger partial charge in [0.1, 0.15) is 12.0 Å². The van der Waals surface area contributed by atoms with E-state index < -0.39 is 0 Å². The molecule has 0 aromatic carbocycles. The number of aromatic nitrogens is 1. The zero-order chi connectivity index (χ0) is 10.5. The maximum absolute atomic E-state index is 10.3. The molecule has 0 radical (unpaired) electrons. The summed E-state index contributed by atoms with van der Waals surface area (Å²) >= 11 is 0. The fourth-order valence-electron chi connectivity index (χ4n) is 1.95. The molecule has 0 aliphatic carbocycles. The highest BCUT2D eigenvalue weighted by atomic mass is 16.4. The number of aldehydes is 1. The van der Waals surface area contributed by atoms with Crippen LogP contribution < -0.4 is 5.32 Å². The molecule has 0 bridgehead atoms. The molecule has 1 aromatic rings. The Hall–Kier alpha value is -1.16. The van der Waals surface area contributed by atoms with Gasteiger partial charge in [0.15, 0.2) is 5.89 Å². The summed E-state index contributed by atoms with van der Waals surface area (Å²) in [4.78, 5) is 14.5. The molecule has 0 amide bonds. The molecule has 1 saturated heterocycles. The molecule has 0 unspecified atom stereocenters. The van der Waals surface area contributed by atoms with Crippen molar-refractivity contribution in [1.82, 2.24) is 10.3 Å². The van der Waals surface area contributed by atoms with E-state index in [1.165, 1.54) is 12.8 Å². The van der Waals surface area contributed by atoms with Crippen molar-refractivity contribution in [3.05, 3.63) is 17.8 Å². The van der Waals surface area contributed by atoms with E-state index in [0.717, 1.165) is 31.7 Å². The van der Waals surface area contributed by atoms with Crippen LogP contribution in [0.5, 0.6) is 0 Å². The maximum atomic E-state index is 10.3. The predicted molar refractivity (Wildman–Crippen MR) is 55.6 cm³/mol. The van der Waals surface area contributed by atoms with Crippen LogP contribution >= 0.6 is 0 Å². The van der Waals surface area contributed by atoms with Gasteiger partial charge in [0.05, 0.1) is 12.6 Å². The number of hydrogen-bond acceptors (Lipinski definition) is 4. The number of nitrogens with zero attached hydrogens (tertiary/aromatic N) is 1. The smallest absolute Gasteiger partial charge is 0.194 e. The fraction of sp³-hybridized carbons (Fsp3) is 0.636. The Morgan fingerprint density at radius 2 is 2.33 bits per heavy atom. The van der Waals surface area contributed by atoms with Crippen LogP contribution in [0.3, 0.4) is 0 Å². The third-order valence-electron chi connectivity index (χ3n) is 2.81. The Balaban J connectivity index is 1.88. The Morgan fingerprint density at radius 3 is 3.07 bits per heavy atom. The minimum atomic E-state index is 0.333. The zero-order valence-electron chi connectivity index (χ0n) is 8.74.